The number of carbonyl (C=O) groups is 1. The Morgan fingerprint density at radius 3 is 2.55 bits per heavy atom. The Bertz CT molecular complexity index is 427. The maximum absolute atomic E-state index is 12.5. The molecule has 20 heavy (non-hydrogen) atoms. The second-order valence-electron chi connectivity index (χ2n) is 5.70. The van der Waals surface area contributed by atoms with Gasteiger partial charge in [-0.2, -0.15) is 0 Å². The normalized spacial score (nSPS) is 19.7. The van der Waals surface area contributed by atoms with E-state index in [4.69, 9.17) is 5.73 Å². The Morgan fingerprint density at radius 2 is 1.90 bits per heavy atom. The van der Waals surface area contributed by atoms with E-state index in [9.17, 15) is 4.79 Å². The number of nitrogens with zero attached hydrogens (tertiary/aromatic N) is 1. The Morgan fingerprint density at radius 1 is 1.20 bits per heavy atom. The zero-order valence-corrected chi connectivity index (χ0v) is 12.5. The molecule has 1 amide bonds. The van der Waals surface area contributed by atoms with E-state index >= 15 is 0 Å². The van der Waals surface area contributed by atoms with Gasteiger partial charge in [-0.05, 0) is 30.4 Å². The number of amides is 1. The van der Waals surface area contributed by atoms with Crippen molar-refractivity contribution in [3.05, 3.63) is 35.4 Å². The third-order valence-electron chi connectivity index (χ3n) is 4.28. The number of nitrogens with two attached hydrogens (primary N) is 1. The van der Waals surface area contributed by atoms with Crippen LogP contribution in [0.4, 0.5) is 0 Å². The highest BCUT2D eigenvalue weighted by molar-refractivity contribution is 5.79. The summed E-state index contributed by atoms with van der Waals surface area (Å²) in [5.41, 5.74) is 7.80. The van der Waals surface area contributed by atoms with E-state index < -0.39 is 0 Å². The van der Waals surface area contributed by atoms with Crippen LogP contribution in [0.5, 0.6) is 0 Å². The molecule has 1 heterocycles. The van der Waals surface area contributed by atoms with E-state index in [0.29, 0.717) is 19.0 Å². The van der Waals surface area contributed by atoms with Crippen molar-refractivity contribution in [1.29, 1.82) is 0 Å². The van der Waals surface area contributed by atoms with Gasteiger partial charge in [0.1, 0.15) is 0 Å². The minimum atomic E-state index is 0.277. The molecule has 1 fully saturated rings. The van der Waals surface area contributed by atoms with Crippen molar-refractivity contribution in [1.82, 2.24) is 4.90 Å². The largest absolute Gasteiger partial charge is 0.339 e. The molecular weight excluding hydrogens is 248 g/mol. The number of likely N-dealkylation sites (tertiary alicyclic amines) is 1. The lowest BCUT2D eigenvalue weighted by molar-refractivity contribution is -0.132. The standard InChI is InChI=1S/C17H26N2O/c1-2-16-6-4-3-5-11-19(16)17(20)12-14-7-9-15(13-18)10-8-14/h7-10,16H,2-6,11-13,18H2,1H3. The highest BCUT2D eigenvalue weighted by Crippen LogP contribution is 2.20. The SMILES string of the molecule is CCC1CCCCCN1C(=O)Cc1ccc(CN)cc1. The highest BCUT2D eigenvalue weighted by atomic mass is 16.2. The van der Waals surface area contributed by atoms with Crippen LogP contribution >= 0.6 is 0 Å². The summed E-state index contributed by atoms with van der Waals surface area (Å²) in [5.74, 6) is 0.277. The van der Waals surface area contributed by atoms with Crippen LogP contribution in [0, 0.1) is 0 Å². The Kier molecular flexibility index (Phi) is 5.60. The number of rotatable bonds is 4. The zero-order valence-electron chi connectivity index (χ0n) is 12.5. The van der Waals surface area contributed by atoms with Crippen LogP contribution < -0.4 is 5.73 Å². The third kappa shape index (κ3) is 3.83. The predicted octanol–water partition coefficient (Wildman–Crippen LogP) is 2.87. The topological polar surface area (TPSA) is 46.3 Å². The van der Waals surface area contributed by atoms with Crippen molar-refractivity contribution < 1.29 is 4.79 Å². The first-order chi connectivity index (χ1) is 9.74. The van der Waals surface area contributed by atoms with Crippen LogP contribution in [-0.2, 0) is 17.8 Å². The molecule has 3 heteroatoms. The van der Waals surface area contributed by atoms with E-state index in [-0.39, 0.29) is 5.91 Å². The summed E-state index contributed by atoms with van der Waals surface area (Å²) in [6.45, 7) is 3.67. The van der Waals surface area contributed by atoms with Gasteiger partial charge in [-0.1, -0.05) is 44.0 Å². The molecule has 1 aromatic rings. The molecule has 0 spiro atoms. The number of hydrogen-bond donors (Lipinski definition) is 1. The average Bonchev–Trinajstić information content (AvgIpc) is 2.73. The fourth-order valence-electron chi connectivity index (χ4n) is 3.00. The van der Waals surface area contributed by atoms with Gasteiger partial charge >= 0.3 is 0 Å². The van der Waals surface area contributed by atoms with Crippen LogP contribution in [0.25, 0.3) is 0 Å². The Labute approximate surface area is 122 Å². The molecule has 1 atom stereocenters. The van der Waals surface area contributed by atoms with Crippen LogP contribution in [-0.4, -0.2) is 23.4 Å². The van der Waals surface area contributed by atoms with Gasteiger partial charge in [0, 0.05) is 19.1 Å². The van der Waals surface area contributed by atoms with Gasteiger partial charge in [0.05, 0.1) is 6.42 Å². The molecule has 2 N–H and O–H groups in total. The smallest absolute Gasteiger partial charge is 0.227 e. The van der Waals surface area contributed by atoms with E-state index in [1.807, 2.05) is 24.3 Å². The summed E-state index contributed by atoms with van der Waals surface area (Å²) >= 11 is 0. The fraction of sp³-hybridized carbons (Fsp3) is 0.588. The molecule has 0 radical (unpaired) electrons. The van der Waals surface area contributed by atoms with E-state index in [0.717, 1.165) is 36.9 Å². The number of carbonyl (C=O) groups excluding carboxylic acids is 1. The van der Waals surface area contributed by atoms with Gasteiger partial charge in [0.15, 0.2) is 0 Å². The second kappa shape index (κ2) is 7.44. The third-order valence-corrected chi connectivity index (χ3v) is 4.28. The molecule has 0 saturated carbocycles. The van der Waals surface area contributed by atoms with Crippen molar-refractivity contribution in [2.45, 2.75) is 58.0 Å². The lowest BCUT2D eigenvalue weighted by Gasteiger charge is -2.29. The van der Waals surface area contributed by atoms with E-state index in [1.165, 1.54) is 12.8 Å². The maximum atomic E-state index is 12.5. The predicted molar refractivity (Wildman–Crippen MR) is 82.3 cm³/mol. The summed E-state index contributed by atoms with van der Waals surface area (Å²) in [6, 6.07) is 8.52. The first-order valence-corrected chi connectivity index (χ1v) is 7.82. The van der Waals surface area contributed by atoms with Crippen molar-refractivity contribution in [2.75, 3.05) is 6.54 Å². The molecule has 1 saturated heterocycles. The molecule has 110 valence electrons. The van der Waals surface area contributed by atoms with E-state index in [1.54, 1.807) is 0 Å². The van der Waals surface area contributed by atoms with Gasteiger partial charge in [-0.15, -0.1) is 0 Å². The van der Waals surface area contributed by atoms with Crippen molar-refractivity contribution in [3.8, 4) is 0 Å². The minimum Gasteiger partial charge on any atom is -0.339 e. The summed E-state index contributed by atoms with van der Waals surface area (Å²) in [6.07, 6.45) is 6.40. The number of benzene rings is 1. The highest BCUT2D eigenvalue weighted by Gasteiger charge is 2.23. The van der Waals surface area contributed by atoms with Crippen LogP contribution in [0.1, 0.15) is 50.2 Å². The second-order valence-corrected chi connectivity index (χ2v) is 5.70. The molecule has 3 nitrogen and oxygen atoms in total. The summed E-state index contributed by atoms with van der Waals surface area (Å²) in [5, 5.41) is 0. The first-order valence-electron chi connectivity index (χ1n) is 7.82. The van der Waals surface area contributed by atoms with Crippen molar-refractivity contribution in [2.24, 2.45) is 5.73 Å². The minimum absolute atomic E-state index is 0.277. The fourth-order valence-corrected chi connectivity index (χ4v) is 3.00. The summed E-state index contributed by atoms with van der Waals surface area (Å²) in [7, 11) is 0. The molecular formula is C17H26N2O. The molecule has 1 unspecified atom stereocenters. The molecule has 1 aromatic carbocycles. The monoisotopic (exact) mass is 274 g/mol. The molecule has 0 aromatic heterocycles. The maximum Gasteiger partial charge on any atom is 0.227 e. The lowest BCUT2D eigenvalue weighted by Crippen LogP contribution is -2.40. The number of hydrogen-bond acceptors (Lipinski definition) is 2. The van der Waals surface area contributed by atoms with Gasteiger partial charge in [0.2, 0.25) is 5.91 Å². The van der Waals surface area contributed by atoms with Crippen molar-refractivity contribution in [3.63, 3.8) is 0 Å². The van der Waals surface area contributed by atoms with Crippen LogP contribution in [0.3, 0.4) is 0 Å². The molecule has 0 aliphatic carbocycles. The molecule has 1 aliphatic heterocycles. The van der Waals surface area contributed by atoms with Gasteiger partial charge in [0.25, 0.3) is 0 Å². The van der Waals surface area contributed by atoms with Gasteiger partial charge in [-0.3, -0.25) is 4.79 Å². The van der Waals surface area contributed by atoms with Crippen LogP contribution in [0.2, 0.25) is 0 Å². The molecule has 1 aliphatic rings. The van der Waals surface area contributed by atoms with Gasteiger partial charge < -0.3 is 10.6 Å². The quantitative estimate of drug-likeness (QED) is 0.917. The summed E-state index contributed by atoms with van der Waals surface area (Å²) < 4.78 is 0. The van der Waals surface area contributed by atoms with E-state index in [2.05, 4.69) is 11.8 Å². The van der Waals surface area contributed by atoms with Crippen molar-refractivity contribution >= 4 is 5.91 Å². The average molecular weight is 274 g/mol. The molecule has 0 bridgehead atoms. The molecule has 2 rings (SSSR count). The van der Waals surface area contributed by atoms with Crippen LogP contribution in [0.15, 0.2) is 24.3 Å². The lowest BCUT2D eigenvalue weighted by atomic mass is 10.1. The zero-order chi connectivity index (χ0) is 14.4. The Balaban J connectivity index is 2.01. The summed E-state index contributed by atoms with van der Waals surface area (Å²) in [4.78, 5) is 14.7. The first kappa shape index (κ1) is 15.0. The Hall–Kier alpha value is -1.35. The van der Waals surface area contributed by atoms with Gasteiger partial charge in [-0.25, -0.2) is 0 Å².